The van der Waals surface area contributed by atoms with E-state index >= 15 is 0 Å². The molecule has 0 fully saturated rings. The molecule has 235 valence electrons. The van der Waals surface area contributed by atoms with Crippen LogP contribution in [0.25, 0.3) is 31.4 Å². The number of aliphatic hydroxyl groups excluding tert-OH is 1. The van der Waals surface area contributed by atoms with E-state index in [-0.39, 0.29) is 48.9 Å². The molecule has 2 aromatic heterocycles. The van der Waals surface area contributed by atoms with Crippen molar-refractivity contribution in [3.05, 3.63) is 70.6 Å². The Bertz CT molecular complexity index is 1540. The van der Waals surface area contributed by atoms with Crippen molar-refractivity contribution in [1.82, 2.24) is 10.2 Å². The van der Waals surface area contributed by atoms with Crippen molar-refractivity contribution in [2.24, 2.45) is 17.3 Å². The largest absolute Gasteiger partial charge is 0.512 e. The van der Waals surface area contributed by atoms with E-state index in [2.05, 4.69) is 88.1 Å². The van der Waals surface area contributed by atoms with Gasteiger partial charge in [0, 0.05) is 63.9 Å². The number of aryl methyl sites for hydroxylation is 3. The van der Waals surface area contributed by atoms with E-state index in [0.29, 0.717) is 0 Å². The van der Waals surface area contributed by atoms with E-state index in [9.17, 15) is 9.90 Å². The van der Waals surface area contributed by atoms with E-state index in [1.54, 1.807) is 0 Å². The van der Waals surface area contributed by atoms with Gasteiger partial charge in [-0.25, -0.2) is 0 Å². The fourth-order valence-corrected chi connectivity index (χ4v) is 6.91. The van der Waals surface area contributed by atoms with Crippen LogP contribution in [0, 0.1) is 44.1 Å². The van der Waals surface area contributed by atoms with Crippen LogP contribution in [0.2, 0.25) is 0 Å². The van der Waals surface area contributed by atoms with E-state index in [1.165, 1.54) is 37.4 Å². The van der Waals surface area contributed by atoms with Crippen molar-refractivity contribution >= 4 is 37.3 Å². The molecule has 1 radical (unpaired) electrons. The number of thiophene rings is 1. The monoisotopic (exact) mass is 778 g/mol. The van der Waals surface area contributed by atoms with Crippen molar-refractivity contribution in [3.8, 4) is 11.3 Å². The number of aromatic nitrogens is 2. The van der Waals surface area contributed by atoms with Crippen LogP contribution in [0.5, 0.6) is 0 Å². The van der Waals surface area contributed by atoms with Gasteiger partial charge in [-0.1, -0.05) is 74.4 Å². The zero-order valence-electron chi connectivity index (χ0n) is 27.6. The predicted molar refractivity (Wildman–Crippen MR) is 180 cm³/mol. The summed E-state index contributed by atoms with van der Waals surface area (Å²) in [4.78, 5) is 11.7. The maximum absolute atomic E-state index is 11.7. The molecule has 0 amide bonds. The standard InChI is InChI=1S/C24H25N2S.C13H24O2.Ir/c1-14-9-15(2)11-18(10-14)22-23-21(16(3)25-26-22)19-8-7-17(12-20(19)27-23)13-24(4,5)6;1-5-10(6-2)12(14)9-13(15)11(7-3)8-4;/h7-10,12H,13H2,1-6H3;9-11,14H,5-8H2,1-4H3;/q-1;;/b;12-9-;. The Kier molecular flexibility index (Phi) is 13.7. The molecule has 0 unspecified atom stereocenters. The smallest absolute Gasteiger partial charge is 0.162 e. The number of carbonyl (C=O) groups excluding carboxylic acids is 1. The Morgan fingerprint density at radius 2 is 1.58 bits per heavy atom. The Morgan fingerprint density at radius 1 is 0.953 bits per heavy atom. The van der Waals surface area contributed by atoms with Gasteiger partial charge >= 0.3 is 0 Å². The van der Waals surface area contributed by atoms with Gasteiger partial charge in [-0.15, -0.1) is 46.2 Å². The van der Waals surface area contributed by atoms with E-state index in [1.807, 2.05) is 39.0 Å². The molecule has 0 saturated carbocycles. The van der Waals surface area contributed by atoms with Crippen molar-refractivity contribution in [2.75, 3.05) is 0 Å². The zero-order valence-corrected chi connectivity index (χ0v) is 30.9. The van der Waals surface area contributed by atoms with Crippen molar-refractivity contribution < 1.29 is 30.0 Å². The van der Waals surface area contributed by atoms with Crippen molar-refractivity contribution in [1.29, 1.82) is 0 Å². The second-order valence-electron chi connectivity index (χ2n) is 12.8. The van der Waals surface area contributed by atoms with Gasteiger partial charge in [0.2, 0.25) is 0 Å². The Morgan fingerprint density at radius 3 is 2.14 bits per heavy atom. The number of benzene rings is 2. The number of fused-ring (bicyclic) bond motifs is 3. The quantitative estimate of drug-likeness (QED) is 0.104. The summed E-state index contributed by atoms with van der Waals surface area (Å²) >= 11 is 1.83. The Labute approximate surface area is 276 Å². The maximum atomic E-state index is 11.7. The van der Waals surface area contributed by atoms with Gasteiger partial charge < -0.3 is 5.11 Å². The molecule has 4 nitrogen and oxygen atoms in total. The first-order chi connectivity index (χ1) is 19.8. The first kappa shape index (κ1) is 36.8. The molecular weight excluding hydrogens is 729 g/mol. The fraction of sp³-hybridized carbons (Fsp3) is 0.486. The number of carbonyl (C=O) groups is 1. The molecule has 2 heterocycles. The molecule has 0 atom stereocenters. The van der Waals surface area contributed by atoms with Gasteiger partial charge in [-0.2, -0.15) is 10.2 Å². The molecule has 6 heteroatoms. The van der Waals surface area contributed by atoms with Crippen LogP contribution in [0.4, 0.5) is 0 Å². The van der Waals surface area contributed by atoms with Crippen LogP contribution < -0.4 is 0 Å². The summed E-state index contributed by atoms with van der Waals surface area (Å²) in [6, 6.07) is 14.6. The maximum Gasteiger partial charge on any atom is 0.162 e. The molecule has 1 N–H and O–H groups in total. The number of hydrogen-bond acceptors (Lipinski definition) is 5. The first-order valence-electron chi connectivity index (χ1n) is 15.4. The Hall–Kier alpha value is -2.40. The average molecular weight is 778 g/mol. The molecule has 0 aliphatic rings. The summed E-state index contributed by atoms with van der Waals surface area (Å²) in [5, 5.41) is 21.3. The molecular formula is C37H49IrN2O2S-. The minimum atomic E-state index is 0. The number of hydrogen-bond donors (Lipinski definition) is 1. The molecule has 0 saturated heterocycles. The zero-order chi connectivity index (χ0) is 31.2. The average Bonchev–Trinajstić information content (AvgIpc) is 3.28. The summed E-state index contributed by atoms with van der Waals surface area (Å²) in [7, 11) is 0. The van der Waals surface area contributed by atoms with E-state index in [4.69, 9.17) is 0 Å². The first-order valence-corrected chi connectivity index (χ1v) is 16.3. The van der Waals surface area contributed by atoms with Gasteiger partial charge in [0.05, 0.1) is 11.5 Å². The van der Waals surface area contributed by atoms with Crippen LogP contribution in [-0.2, 0) is 31.3 Å². The van der Waals surface area contributed by atoms with Gasteiger partial charge in [0.15, 0.2) is 5.78 Å². The minimum Gasteiger partial charge on any atom is -0.512 e. The molecule has 0 aliphatic heterocycles. The predicted octanol–water partition coefficient (Wildman–Crippen LogP) is 10.7. The summed E-state index contributed by atoms with van der Waals surface area (Å²) in [5.41, 5.74) is 7.00. The Balaban J connectivity index is 0.000000348. The van der Waals surface area contributed by atoms with Crippen LogP contribution in [0.1, 0.15) is 96.5 Å². The molecule has 4 aromatic rings. The second kappa shape index (κ2) is 16.1. The number of aliphatic hydroxyl groups is 1. The summed E-state index contributed by atoms with van der Waals surface area (Å²) in [5.74, 6) is 0.547. The minimum absolute atomic E-state index is 0. The van der Waals surface area contributed by atoms with Crippen LogP contribution in [-0.4, -0.2) is 21.1 Å². The number of nitrogens with zero attached hydrogens (tertiary/aromatic N) is 2. The SMILES string of the molecule is CCC(CC)C(=O)/C=C(\O)C(CC)CC.Cc1[c-]c(-c2nnc(C)c3c2sc2cc(CC(C)(C)C)ccc23)cc(C)c1.[Ir]. The fourth-order valence-electron chi connectivity index (χ4n) is 5.59. The number of allylic oxidation sites excluding steroid dienone is 2. The third kappa shape index (κ3) is 9.54. The van der Waals surface area contributed by atoms with Crippen molar-refractivity contribution in [3.63, 3.8) is 0 Å². The van der Waals surface area contributed by atoms with Crippen LogP contribution >= 0.6 is 11.3 Å². The molecule has 4 rings (SSSR count). The normalized spacial score (nSPS) is 12.0. The van der Waals surface area contributed by atoms with E-state index < -0.39 is 0 Å². The number of ketones is 1. The van der Waals surface area contributed by atoms with Gasteiger partial charge in [-0.3, -0.25) is 4.79 Å². The van der Waals surface area contributed by atoms with E-state index in [0.717, 1.165) is 54.6 Å². The van der Waals surface area contributed by atoms with Crippen molar-refractivity contribution in [2.45, 2.75) is 101 Å². The van der Waals surface area contributed by atoms with Gasteiger partial charge in [0.25, 0.3) is 0 Å². The second-order valence-corrected chi connectivity index (χ2v) is 13.8. The van der Waals surface area contributed by atoms with Gasteiger partial charge in [-0.05, 0) is 56.1 Å². The van der Waals surface area contributed by atoms with Crippen LogP contribution in [0.15, 0.2) is 42.2 Å². The third-order valence-corrected chi connectivity index (χ3v) is 9.01. The molecule has 43 heavy (non-hydrogen) atoms. The summed E-state index contributed by atoms with van der Waals surface area (Å²) in [6.07, 6.45) is 5.98. The third-order valence-electron chi connectivity index (χ3n) is 7.85. The number of rotatable bonds is 9. The summed E-state index contributed by atoms with van der Waals surface area (Å²) < 4.78 is 2.53. The van der Waals surface area contributed by atoms with Gasteiger partial charge in [0.1, 0.15) is 0 Å². The molecule has 0 spiro atoms. The molecule has 0 aliphatic carbocycles. The molecule has 0 bridgehead atoms. The molecule has 2 aromatic carbocycles. The topological polar surface area (TPSA) is 63.1 Å². The summed E-state index contributed by atoms with van der Waals surface area (Å²) in [6.45, 7) is 21.2. The van der Waals surface area contributed by atoms with Crippen LogP contribution in [0.3, 0.4) is 0 Å².